The second-order valence-electron chi connectivity index (χ2n) is 3.54. The van der Waals surface area contributed by atoms with Crippen molar-refractivity contribution in [2.45, 2.75) is 20.3 Å². The Hall–Kier alpha value is -0.910. The first-order valence-corrected chi connectivity index (χ1v) is 4.54. The molecule has 88 valence electrons. The van der Waals surface area contributed by atoms with Crippen molar-refractivity contribution in [2.24, 2.45) is 16.5 Å². The first-order valence-electron chi connectivity index (χ1n) is 4.16. The maximum absolute atomic E-state index is 12.7. The van der Waals surface area contributed by atoms with Crippen molar-refractivity contribution in [3.05, 3.63) is 0 Å². The van der Waals surface area contributed by atoms with Gasteiger partial charge in [0.2, 0.25) is 5.91 Å². The summed E-state index contributed by atoms with van der Waals surface area (Å²) in [7, 11) is 1.25. The predicted molar refractivity (Wildman–Crippen MR) is 52.4 cm³/mol. The lowest BCUT2D eigenvalue weighted by Gasteiger charge is -2.30. The third-order valence-corrected chi connectivity index (χ3v) is 2.74. The molecule has 15 heavy (non-hydrogen) atoms. The van der Waals surface area contributed by atoms with Crippen LogP contribution in [0.5, 0.6) is 0 Å². The smallest absolute Gasteiger partial charge is 0.251 e. The van der Waals surface area contributed by atoms with Crippen molar-refractivity contribution < 1.29 is 18.8 Å². The highest BCUT2D eigenvalue weighted by Crippen LogP contribution is 2.34. The lowest BCUT2D eigenvalue weighted by molar-refractivity contribution is -0.133. The maximum atomic E-state index is 12.7. The van der Waals surface area contributed by atoms with Crippen molar-refractivity contribution in [3.8, 4) is 0 Å². The van der Waals surface area contributed by atoms with Gasteiger partial charge in [0.05, 0.1) is 0 Å². The number of rotatable bonds is 4. The Morgan fingerprint density at radius 3 is 2.27 bits per heavy atom. The Bertz CT molecular complexity index is 269. The van der Waals surface area contributed by atoms with Crippen LogP contribution >= 0.6 is 11.6 Å². The van der Waals surface area contributed by atoms with Crippen molar-refractivity contribution in [3.63, 3.8) is 0 Å². The average Bonchev–Trinajstić information content (AvgIpc) is 2.15. The van der Waals surface area contributed by atoms with Crippen LogP contribution in [0.4, 0.5) is 8.78 Å². The van der Waals surface area contributed by atoms with Crippen molar-refractivity contribution in [1.82, 2.24) is 5.32 Å². The van der Waals surface area contributed by atoms with E-state index in [1.807, 2.05) is 0 Å². The maximum Gasteiger partial charge on any atom is 0.251 e. The van der Waals surface area contributed by atoms with E-state index < -0.39 is 28.8 Å². The zero-order valence-corrected chi connectivity index (χ0v) is 9.35. The summed E-state index contributed by atoms with van der Waals surface area (Å²) in [6.45, 7) is 2.61. The molecule has 1 amide bonds. The van der Waals surface area contributed by atoms with Crippen LogP contribution in [0, 0.1) is 11.3 Å². The van der Waals surface area contributed by atoms with Gasteiger partial charge in [-0.1, -0.05) is 30.6 Å². The molecular formula is C8H13ClF2N2O2. The average molecular weight is 243 g/mol. The monoisotopic (exact) mass is 242 g/mol. The molecular weight excluding hydrogens is 230 g/mol. The van der Waals surface area contributed by atoms with Crippen molar-refractivity contribution >= 4 is 22.7 Å². The highest BCUT2D eigenvalue weighted by molar-refractivity contribution is 6.66. The molecule has 0 aromatic rings. The second kappa shape index (κ2) is 5.25. The minimum absolute atomic E-state index is 0.434. The Balaban J connectivity index is 5.16. The number of nitrogens with zero attached hydrogens (tertiary/aromatic N) is 1. The van der Waals surface area contributed by atoms with Gasteiger partial charge in [-0.15, -0.1) is 0 Å². The van der Waals surface area contributed by atoms with E-state index in [-0.39, 0.29) is 0 Å². The summed E-state index contributed by atoms with van der Waals surface area (Å²) < 4.78 is 25.3. The Morgan fingerprint density at radius 2 is 2.00 bits per heavy atom. The van der Waals surface area contributed by atoms with E-state index in [9.17, 15) is 13.6 Å². The molecule has 0 aromatic heterocycles. The van der Waals surface area contributed by atoms with Gasteiger partial charge < -0.3 is 10.5 Å². The zero-order valence-electron chi connectivity index (χ0n) is 8.59. The SMILES string of the molecule is CNC(=O)C(C(F)F)C(C)(C)C(Cl)=NO. The highest BCUT2D eigenvalue weighted by atomic mass is 35.5. The van der Waals surface area contributed by atoms with E-state index in [1.165, 1.54) is 20.9 Å². The summed E-state index contributed by atoms with van der Waals surface area (Å²) in [6, 6.07) is 0. The van der Waals surface area contributed by atoms with E-state index >= 15 is 0 Å². The summed E-state index contributed by atoms with van der Waals surface area (Å²) in [4.78, 5) is 11.2. The van der Waals surface area contributed by atoms with Crippen LogP contribution in [0.1, 0.15) is 13.8 Å². The molecule has 0 aliphatic carbocycles. The third kappa shape index (κ3) is 3.02. The van der Waals surface area contributed by atoms with Gasteiger partial charge in [0, 0.05) is 12.5 Å². The first kappa shape index (κ1) is 14.1. The molecule has 0 aliphatic heterocycles. The van der Waals surface area contributed by atoms with Crippen molar-refractivity contribution in [1.29, 1.82) is 0 Å². The number of alkyl halides is 2. The van der Waals surface area contributed by atoms with E-state index in [0.717, 1.165) is 0 Å². The van der Waals surface area contributed by atoms with E-state index in [4.69, 9.17) is 16.8 Å². The Kier molecular flexibility index (Phi) is 4.93. The van der Waals surface area contributed by atoms with Gasteiger partial charge in [-0.3, -0.25) is 4.79 Å². The molecule has 0 heterocycles. The number of hydrogen-bond acceptors (Lipinski definition) is 3. The molecule has 0 saturated heterocycles. The Labute approximate surface area is 91.3 Å². The summed E-state index contributed by atoms with van der Waals surface area (Å²) in [5, 5.41) is 12.8. The fourth-order valence-corrected chi connectivity index (χ4v) is 1.29. The topological polar surface area (TPSA) is 61.7 Å². The molecule has 1 unspecified atom stereocenters. The number of halogens is 3. The molecule has 0 saturated carbocycles. The fourth-order valence-electron chi connectivity index (χ4n) is 1.17. The molecule has 0 aromatic carbocycles. The van der Waals surface area contributed by atoms with E-state index in [1.54, 1.807) is 0 Å². The number of oxime groups is 1. The molecule has 0 spiro atoms. The van der Waals surface area contributed by atoms with Crippen LogP contribution in [-0.2, 0) is 4.79 Å². The normalized spacial score (nSPS) is 15.3. The van der Waals surface area contributed by atoms with Gasteiger partial charge in [-0.2, -0.15) is 0 Å². The predicted octanol–water partition coefficient (Wildman–Crippen LogP) is 1.67. The van der Waals surface area contributed by atoms with Gasteiger partial charge in [0.25, 0.3) is 6.43 Å². The van der Waals surface area contributed by atoms with Gasteiger partial charge in [-0.25, -0.2) is 8.78 Å². The van der Waals surface area contributed by atoms with Crippen LogP contribution in [0.2, 0.25) is 0 Å². The standard InChI is InChI=1S/C8H13ClF2N2O2/c1-8(2,7(9)13-15)4(5(10)11)6(14)12-3/h4-5,15H,1-3H3,(H,12,14). The quantitative estimate of drug-likeness (QED) is 0.448. The molecule has 0 radical (unpaired) electrons. The van der Waals surface area contributed by atoms with E-state index in [2.05, 4.69) is 10.5 Å². The second-order valence-corrected chi connectivity index (χ2v) is 3.90. The lowest BCUT2D eigenvalue weighted by atomic mass is 9.79. The molecule has 1 atom stereocenters. The molecule has 0 fully saturated rings. The summed E-state index contributed by atoms with van der Waals surface area (Å²) >= 11 is 5.48. The van der Waals surface area contributed by atoms with Crippen molar-refractivity contribution in [2.75, 3.05) is 7.05 Å². The number of carbonyl (C=O) groups is 1. The molecule has 0 bridgehead atoms. The fraction of sp³-hybridized carbons (Fsp3) is 0.750. The van der Waals surface area contributed by atoms with Crippen LogP contribution < -0.4 is 5.32 Å². The number of hydrogen-bond donors (Lipinski definition) is 2. The Morgan fingerprint density at radius 1 is 1.53 bits per heavy atom. The number of nitrogens with one attached hydrogen (secondary N) is 1. The van der Waals surface area contributed by atoms with Crippen LogP contribution in [0.3, 0.4) is 0 Å². The molecule has 7 heteroatoms. The number of amides is 1. The molecule has 0 rings (SSSR count). The minimum atomic E-state index is -2.89. The first-order chi connectivity index (χ1) is 6.78. The highest BCUT2D eigenvalue weighted by Gasteiger charge is 2.45. The molecule has 4 nitrogen and oxygen atoms in total. The van der Waals surface area contributed by atoms with Crippen LogP contribution in [0.15, 0.2) is 5.16 Å². The molecule has 2 N–H and O–H groups in total. The molecule has 0 aliphatic rings. The lowest BCUT2D eigenvalue weighted by Crippen LogP contribution is -2.44. The largest absolute Gasteiger partial charge is 0.410 e. The zero-order chi connectivity index (χ0) is 12.2. The summed E-state index contributed by atoms with van der Waals surface area (Å²) in [6.07, 6.45) is -2.89. The van der Waals surface area contributed by atoms with E-state index in [0.29, 0.717) is 0 Å². The van der Waals surface area contributed by atoms with Crippen LogP contribution in [0.25, 0.3) is 0 Å². The summed E-state index contributed by atoms with van der Waals surface area (Å²) in [5.41, 5.74) is -1.43. The van der Waals surface area contributed by atoms with Gasteiger partial charge in [0.1, 0.15) is 5.92 Å². The van der Waals surface area contributed by atoms with Gasteiger partial charge in [0.15, 0.2) is 5.17 Å². The third-order valence-electron chi connectivity index (χ3n) is 2.18. The number of carbonyl (C=O) groups excluding carboxylic acids is 1. The van der Waals surface area contributed by atoms with Gasteiger partial charge >= 0.3 is 0 Å². The van der Waals surface area contributed by atoms with Gasteiger partial charge in [-0.05, 0) is 0 Å². The minimum Gasteiger partial charge on any atom is -0.410 e. The van der Waals surface area contributed by atoms with Crippen LogP contribution in [-0.4, -0.2) is 29.8 Å². The summed E-state index contributed by atoms with van der Waals surface area (Å²) in [5.74, 6) is -2.51.